The number of aromatic nitrogens is 1. The monoisotopic (exact) mass is 258 g/mol. The zero-order valence-electron chi connectivity index (χ0n) is 9.13. The van der Waals surface area contributed by atoms with Crippen molar-refractivity contribution in [2.45, 2.75) is 0 Å². The highest BCUT2D eigenvalue weighted by Crippen LogP contribution is 2.31. The van der Waals surface area contributed by atoms with Crippen LogP contribution in [0.4, 0.5) is 5.69 Å². The zero-order chi connectivity index (χ0) is 12.7. The molecule has 0 saturated carbocycles. The fourth-order valence-corrected chi connectivity index (χ4v) is 2.16. The lowest BCUT2D eigenvalue weighted by molar-refractivity contribution is 0.0926. The Hall–Kier alpha value is -2.20. The van der Waals surface area contributed by atoms with Crippen molar-refractivity contribution in [3.05, 3.63) is 58.9 Å². The number of imide groups is 1. The summed E-state index contributed by atoms with van der Waals surface area (Å²) in [5.74, 6) is -0.740. The summed E-state index contributed by atoms with van der Waals surface area (Å²) in [7, 11) is 0. The minimum absolute atomic E-state index is 0.131. The van der Waals surface area contributed by atoms with Crippen LogP contribution in [0.15, 0.2) is 42.6 Å². The highest BCUT2D eigenvalue weighted by molar-refractivity contribution is 6.39. The third-order valence-corrected chi connectivity index (χ3v) is 3.07. The normalized spacial score (nSPS) is 13.9. The van der Waals surface area contributed by atoms with Crippen LogP contribution in [0.25, 0.3) is 0 Å². The number of amides is 2. The molecule has 0 spiro atoms. The topological polar surface area (TPSA) is 50.3 Å². The fourth-order valence-electron chi connectivity index (χ4n) is 1.95. The van der Waals surface area contributed by atoms with Crippen molar-refractivity contribution in [2.75, 3.05) is 4.90 Å². The highest BCUT2D eigenvalue weighted by atomic mass is 35.5. The van der Waals surface area contributed by atoms with Crippen LogP contribution < -0.4 is 4.90 Å². The Kier molecular flexibility index (Phi) is 2.38. The zero-order valence-corrected chi connectivity index (χ0v) is 9.89. The highest BCUT2D eigenvalue weighted by Gasteiger charge is 2.37. The Balaban J connectivity index is 2.16. The molecule has 5 heteroatoms. The van der Waals surface area contributed by atoms with Gasteiger partial charge in [0.25, 0.3) is 11.8 Å². The summed E-state index contributed by atoms with van der Waals surface area (Å²) in [6.07, 6.45) is 1.50. The van der Waals surface area contributed by atoms with E-state index in [1.54, 1.807) is 36.4 Å². The lowest BCUT2D eigenvalue weighted by atomic mass is 10.1. The first-order valence-corrected chi connectivity index (χ1v) is 5.66. The van der Waals surface area contributed by atoms with Gasteiger partial charge in [-0.1, -0.05) is 23.7 Å². The van der Waals surface area contributed by atoms with Gasteiger partial charge in [-0.3, -0.25) is 9.59 Å². The molecule has 0 atom stereocenters. The molecule has 1 aliphatic heterocycles. The summed E-state index contributed by atoms with van der Waals surface area (Å²) in [5, 5.41) is 0.131. The Morgan fingerprint density at radius 1 is 0.944 bits per heavy atom. The van der Waals surface area contributed by atoms with Crippen molar-refractivity contribution in [2.24, 2.45) is 0 Å². The molecule has 0 N–H and O–H groups in total. The van der Waals surface area contributed by atoms with Crippen LogP contribution in [0.3, 0.4) is 0 Å². The summed E-state index contributed by atoms with van der Waals surface area (Å²) in [4.78, 5) is 29.3. The van der Waals surface area contributed by atoms with Crippen LogP contribution >= 0.6 is 11.6 Å². The van der Waals surface area contributed by atoms with Crippen LogP contribution in [-0.4, -0.2) is 16.8 Å². The molecule has 0 bridgehead atoms. The summed E-state index contributed by atoms with van der Waals surface area (Å²) in [6, 6.07) is 9.91. The van der Waals surface area contributed by atoms with Gasteiger partial charge in [0.2, 0.25) is 0 Å². The molecule has 1 aromatic heterocycles. The van der Waals surface area contributed by atoms with Crippen molar-refractivity contribution >= 4 is 29.1 Å². The molecular weight excluding hydrogens is 252 g/mol. The number of pyridine rings is 1. The number of rotatable bonds is 1. The number of hydrogen-bond donors (Lipinski definition) is 0. The first-order chi connectivity index (χ1) is 8.70. The van der Waals surface area contributed by atoms with Crippen LogP contribution in [0.5, 0.6) is 0 Å². The minimum atomic E-state index is -0.370. The van der Waals surface area contributed by atoms with Crippen LogP contribution in [0, 0.1) is 0 Å². The number of hydrogen-bond acceptors (Lipinski definition) is 3. The second-order valence-electron chi connectivity index (χ2n) is 3.80. The molecule has 0 aliphatic carbocycles. The molecule has 0 saturated heterocycles. The quantitative estimate of drug-likeness (QED) is 0.583. The molecule has 0 unspecified atom stereocenters. The van der Waals surface area contributed by atoms with Crippen molar-refractivity contribution in [1.82, 2.24) is 4.98 Å². The summed E-state index contributed by atoms with van der Waals surface area (Å²) in [6.45, 7) is 0. The van der Waals surface area contributed by atoms with Gasteiger partial charge in [0.1, 0.15) is 0 Å². The summed E-state index contributed by atoms with van der Waals surface area (Å²) < 4.78 is 0. The lowest BCUT2D eigenvalue weighted by Crippen LogP contribution is -2.29. The number of nitrogens with zero attached hydrogens (tertiary/aromatic N) is 2. The third-order valence-electron chi connectivity index (χ3n) is 2.77. The molecule has 1 aromatic carbocycles. The second kappa shape index (κ2) is 3.92. The standard InChI is InChI=1S/C13H7ClN2O2/c14-11-10(6-3-7-15-11)16-12(17)8-4-1-2-5-9(8)13(16)18/h1-7H. The van der Waals surface area contributed by atoms with Gasteiger partial charge in [-0.05, 0) is 24.3 Å². The number of anilines is 1. The molecule has 88 valence electrons. The Labute approximate surface area is 108 Å². The number of halogens is 1. The van der Waals surface area contributed by atoms with E-state index in [1.807, 2.05) is 0 Å². The third kappa shape index (κ3) is 1.43. The van der Waals surface area contributed by atoms with E-state index in [1.165, 1.54) is 6.20 Å². The SMILES string of the molecule is O=C1c2ccccc2C(=O)N1c1cccnc1Cl. The number of carbonyl (C=O) groups is 2. The maximum Gasteiger partial charge on any atom is 0.266 e. The molecule has 1 aliphatic rings. The lowest BCUT2D eigenvalue weighted by Gasteiger charge is -2.14. The molecule has 0 fully saturated rings. The number of benzene rings is 1. The average molecular weight is 259 g/mol. The molecule has 18 heavy (non-hydrogen) atoms. The van der Waals surface area contributed by atoms with E-state index in [-0.39, 0.29) is 17.0 Å². The summed E-state index contributed by atoms with van der Waals surface area (Å²) >= 11 is 5.92. The number of carbonyl (C=O) groups excluding carboxylic acids is 2. The van der Waals surface area contributed by atoms with Crippen molar-refractivity contribution < 1.29 is 9.59 Å². The van der Waals surface area contributed by atoms with E-state index >= 15 is 0 Å². The predicted octanol–water partition coefficient (Wildman–Crippen LogP) is 2.54. The molecule has 2 amide bonds. The first kappa shape index (κ1) is 10.9. The van der Waals surface area contributed by atoms with Gasteiger partial charge in [0.05, 0.1) is 16.8 Å². The molecule has 2 aromatic rings. The number of fused-ring (bicyclic) bond motifs is 1. The largest absolute Gasteiger partial charge is 0.268 e. The van der Waals surface area contributed by atoms with Gasteiger partial charge < -0.3 is 0 Å². The Morgan fingerprint density at radius 3 is 2.11 bits per heavy atom. The van der Waals surface area contributed by atoms with Gasteiger partial charge >= 0.3 is 0 Å². The maximum atomic E-state index is 12.2. The van der Waals surface area contributed by atoms with Crippen molar-refractivity contribution in [3.8, 4) is 0 Å². The molecule has 0 radical (unpaired) electrons. The van der Waals surface area contributed by atoms with Crippen molar-refractivity contribution in [3.63, 3.8) is 0 Å². The molecule has 3 rings (SSSR count). The van der Waals surface area contributed by atoms with Crippen LogP contribution in [0.1, 0.15) is 20.7 Å². The van der Waals surface area contributed by atoms with Gasteiger partial charge in [-0.2, -0.15) is 0 Å². The van der Waals surface area contributed by atoms with Crippen molar-refractivity contribution in [1.29, 1.82) is 0 Å². The Morgan fingerprint density at radius 2 is 1.56 bits per heavy atom. The molecule has 4 nitrogen and oxygen atoms in total. The summed E-state index contributed by atoms with van der Waals surface area (Å²) in [5.41, 5.74) is 1.09. The first-order valence-electron chi connectivity index (χ1n) is 5.28. The molecule has 2 heterocycles. The van der Waals surface area contributed by atoms with Gasteiger partial charge in [0.15, 0.2) is 5.15 Å². The van der Waals surface area contributed by atoms with E-state index in [9.17, 15) is 9.59 Å². The van der Waals surface area contributed by atoms with Crippen LogP contribution in [0.2, 0.25) is 5.15 Å². The van der Waals surface area contributed by atoms with Gasteiger partial charge in [-0.15, -0.1) is 0 Å². The van der Waals surface area contributed by atoms with Crippen LogP contribution in [-0.2, 0) is 0 Å². The second-order valence-corrected chi connectivity index (χ2v) is 4.16. The fraction of sp³-hybridized carbons (Fsp3) is 0. The van der Waals surface area contributed by atoms with E-state index in [0.717, 1.165) is 4.90 Å². The predicted molar refractivity (Wildman–Crippen MR) is 66.8 cm³/mol. The average Bonchev–Trinajstić information content (AvgIpc) is 2.64. The van der Waals surface area contributed by atoms with E-state index in [0.29, 0.717) is 16.8 Å². The molecular formula is C13H7ClN2O2. The maximum absolute atomic E-state index is 12.2. The van der Waals surface area contributed by atoms with Gasteiger partial charge in [-0.25, -0.2) is 9.88 Å². The van der Waals surface area contributed by atoms with E-state index < -0.39 is 0 Å². The van der Waals surface area contributed by atoms with E-state index in [4.69, 9.17) is 11.6 Å². The van der Waals surface area contributed by atoms with E-state index in [2.05, 4.69) is 4.98 Å². The Bertz CT molecular complexity index is 635. The minimum Gasteiger partial charge on any atom is -0.268 e. The van der Waals surface area contributed by atoms with Gasteiger partial charge in [0, 0.05) is 6.20 Å². The smallest absolute Gasteiger partial charge is 0.266 e.